The number of nitrogens with one attached hydrogen (secondary N) is 1. The van der Waals surface area contributed by atoms with Gasteiger partial charge in [0.2, 0.25) is 11.4 Å². The summed E-state index contributed by atoms with van der Waals surface area (Å²) in [6, 6.07) is 4.28. The largest absolute Gasteiger partial charge is 0.462 e. The van der Waals surface area contributed by atoms with Gasteiger partial charge in [-0.25, -0.2) is 18.6 Å². The fourth-order valence-corrected chi connectivity index (χ4v) is 3.56. The number of hydrogen-bond acceptors (Lipinski definition) is 6. The molecule has 4 rings (SSSR count). The fourth-order valence-electron chi connectivity index (χ4n) is 3.56. The number of nitrogens with zero attached hydrogens (tertiary/aromatic N) is 3. The molecule has 1 aliphatic heterocycles. The third-order valence-electron chi connectivity index (χ3n) is 5.04. The minimum Gasteiger partial charge on any atom is -0.462 e. The zero-order valence-corrected chi connectivity index (χ0v) is 16.6. The minimum atomic E-state index is -0.945. The fraction of sp³-hybridized carbons (Fsp3) is 0.286. The number of fused-ring (bicyclic) bond motifs is 1. The van der Waals surface area contributed by atoms with Gasteiger partial charge in [0, 0.05) is 38.4 Å². The first kappa shape index (κ1) is 20.9. The Morgan fingerprint density at radius 1 is 1.16 bits per heavy atom. The normalized spacial score (nSPS) is 14.1. The van der Waals surface area contributed by atoms with E-state index in [9.17, 15) is 22.8 Å². The summed E-state index contributed by atoms with van der Waals surface area (Å²) in [4.78, 5) is 30.8. The van der Waals surface area contributed by atoms with E-state index in [1.807, 2.05) is 0 Å². The van der Waals surface area contributed by atoms with E-state index in [1.54, 1.807) is 11.8 Å². The van der Waals surface area contributed by atoms with Gasteiger partial charge in [0.15, 0.2) is 0 Å². The van der Waals surface area contributed by atoms with Crippen LogP contribution in [0.2, 0.25) is 0 Å². The molecular formula is C21H19F3N4O3. The van der Waals surface area contributed by atoms with Crippen molar-refractivity contribution in [3.05, 3.63) is 63.8 Å². The van der Waals surface area contributed by atoms with Crippen LogP contribution in [0.5, 0.6) is 0 Å². The van der Waals surface area contributed by atoms with Gasteiger partial charge < -0.3 is 19.5 Å². The average Bonchev–Trinajstić information content (AvgIpc) is 2.75. The molecule has 31 heavy (non-hydrogen) atoms. The Morgan fingerprint density at radius 3 is 2.58 bits per heavy atom. The van der Waals surface area contributed by atoms with Crippen LogP contribution in [0.3, 0.4) is 0 Å². The van der Waals surface area contributed by atoms with Crippen molar-refractivity contribution >= 4 is 22.7 Å². The molecule has 1 aromatic carbocycles. The molecule has 0 amide bonds. The predicted molar refractivity (Wildman–Crippen MR) is 108 cm³/mol. The summed E-state index contributed by atoms with van der Waals surface area (Å²) >= 11 is 0. The summed E-state index contributed by atoms with van der Waals surface area (Å²) in [5.74, 6) is -3.53. The highest BCUT2D eigenvalue weighted by Gasteiger charge is 2.23. The van der Waals surface area contributed by atoms with Crippen molar-refractivity contribution in [3.8, 4) is 5.69 Å². The first-order chi connectivity index (χ1) is 14.9. The van der Waals surface area contributed by atoms with Crippen LogP contribution in [-0.2, 0) is 4.74 Å². The number of aromatic nitrogens is 2. The van der Waals surface area contributed by atoms with Crippen LogP contribution in [0.1, 0.15) is 17.3 Å². The van der Waals surface area contributed by atoms with Gasteiger partial charge in [0.05, 0.1) is 23.5 Å². The number of esters is 1. The molecule has 0 radical (unpaired) electrons. The standard InChI is InChI=1S/C21H19F3N4O3/c1-2-31-21(30)13-11-28(15-4-3-12(22)9-14(15)23)16-10-17(27-7-5-25-6-8-27)20(24)26-18(16)19(13)29/h3-4,9-11,25H,2,5-8H2,1H3. The lowest BCUT2D eigenvalue weighted by Gasteiger charge is -2.29. The summed E-state index contributed by atoms with van der Waals surface area (Å²) < 4.78 is 49.0. The van der Waals surface area contributed by atoms with Crippen LogP contribution in [0.25, 0.3) is 16.7 Å². The number of anilines is 1. The smallest absolute Gasteiger partial charge is 0.343 e. The van der Waals surface area contributed by atoms with Gasteiger partial charge in [-0.05, 0) is 25.1 Å². The highest BCUT2D eigenvalue weighted by molar-refractivity contribution is 5.93. The lowest BCUT2D eigenvalue weighted by atomic mass is 10.1. The van der Waals surface area contributed by atoms with Crippen molar-refractivity contribution in [1.82, 2.24) is 14.9 Å². The second-order valence-corrected chi connectivity index (χ2v) is 6.96. The minimum absolute atomic E-state index is 0.00490. The SMILES string of the molecule is CCOC(=O)c1cn(-c2ccc(F)cc2F)c2cc(N3CCNCC3)c(F)nc2c1=O. The van der Waals surface area contributed by atoms with Gasteiger partial charge >= 0.3 is 5.97 Å². The molecule has 1 aliphatic rings. The van der Waals surface area contributed by atoms with Gasteiger partial charge in [0.25, 0.3) is 0 Å². The van der Waals surface area contributed by atoms with Crippen molar-refractivity contribution in [1.29, 1.82) is 0 Å². The monoisotopic (exact) mass is 432 g/mol. The summed E-state index contributed by atoms with van der Waals surface area (Å²) in [5.41, 5.74) is -1.52. The maximum atomic E-state index is 14.9. The molecule has 0 bridgehead atoms. The van der Waals surface area contributed by atoms with Gasteiger partial charge in [0.1, 0.15) is 22.7 Å². The third-order valence-corrected chi connectivity index (χ3v) is 5.04. The second kappa shape index (κ2) is 8.38. The van der Waals surface area contributed by atoms with Crippen LogP contribution in [0.4, 0.5) is 18.9 Å². The maximum absolute atomic E-state index is 14.9. The molecule has 1 fully saturated rings. The number of piperazine rings is 1. The second-order valence-electron chi connectivity index (χ2n) is 6.96. The number of pyridine rings is 2. The summed E-state index contributed by atoms with van der Waals surface area (Å²) in [6.07, 6.45) is 1.11. The molecular weight excluding hydrogens is 413 g/mol. The first-order valence-electron chi connectivity index (χ1n) is 9.74. The summed E-state index contributed by atoms with van der Waals surface area (Å²) in [7, 11) is 0. The van der Waals surface area contributed by atoms with E-state index in [1.165, 1.54) is 10.6 Å². The average molecular weight is 432 g/mol. The van der Waals surface area contributed by atoms with Crippen molar-refractivity contribution in [2.24, 2.45) is 0 Å². The lowest BCUT2D eigenvalue weighted by molar-refractivity contribution is 0.0524. The van der Waals surface area contributed by atoms with Crippen molar-refractivity contribution in [2.45, 2.75) is 6.92 Å². The highest BCUT2D eigenvalue weighted by atomic mass is 19.1. The van der Waals surface area contributed by atoms with Crippen molar-refractivity contribution < 1.29 is 22.7 Å². The highest BCUT2D eigenvalue weighted by Crippen LogP contribution is 2.26. The van der Waals surface area contributed by atoms with Crippen molar-refractivity contribution in [3.63, 3.8) is 0 Å². The Hall–Kier alpha value is -3.40. The molecule has 2 aromatic heterocycles. The zero-order valence-electron chi connectivity index (χ0n) is 16.6. The number of carbonyl (C=O) groups is 1. The van der Waals surface area contributed by atoms with E-state index in [0.29, 0.717) is 32.2 Å². The molecule has 0 spiro atoms. The Kier molecular flexibility index (Phi) is 5.64. The van der Waals surface area contributed by atoms with E-state index in [0.717, 1.165) is 18.3 Å². The van der Waals surface area contributed by atoms with Crippen molar-refractivity contribution in [2.75, 3.05) is 37.7 Å². The van der Waals surface area contributed by atoms with Crippen LogP contribution in [0.15, 0.2) is 35.3 Å². The number of halogens is 3. The maximum Gasteiger partial charge on any atom is 0.343 e. The Labute approximate surface area is 175 Å². The zero-order chi connectivity index (χ0) is 22.1. The number of carbonyl (C=O) groups excluding carboxylic acids is 1. The molecule has 3 heterocycles. The third kappa shape index (κ3) is 3.86. The molecule has 3 aromatic rings. The quantitative estimate of drug-likeness (QED) is 0.504. The molecule has 0 atom stereocenters. The molecule has 1 saturated heterocycles. The molecule has 0 saturated carbocycles. The molecule has 0 unspecified atom stereocenters. The van der Waals surface area contributed by atoms with E-state index in [2.05, 4.69) is 10.3 Å². The van der Waals surface area contributed by atoms with Crippen LogP contribution >= 0.6 is 0 Å². The van der Waals surface area contributed by atoms with Gasteiger partial charge in [-0.3, -0.25) is 4.79 Å². The number of rotatable bonds is 4. The van der Waals surface area contributed by atoms with Gasteiger partial charge in [-0.1, -0.05) is 0 Å². The number of hydrogen-bond donors (Lipinski definition) is 1. The Bertz CT molecular complexity index is 1220. The molecule has 10 heteroatoms. The lowest BCUT2D eigenvalue weighted by Crippen LogP contribution is -2.44. The first-order valence-corrected chi connectivity index (χ1v) is 9.74. The van der Waals surface area contributed by atoms with E-state index < -0.39 is 34.5 Å². The number of benzene rings is 1. The number of ether oxygens (including phenoxy) is 1. The van der Waals surface area contributed by atoms with Crippen LogP contribution < -0.4 is 15.6 Å². The summed E-state index contributed by atoms with van der Waals surface area (Å²) in [6.45, 7) is 3.87. The predicted octanol–water partition coefficient (Wildman–Crippen LogP) is 2.39. The van der Waals surface area contributed by atoms with Crippen LogP contribution in [0, 0.1) is 17.6 Å². The molecule has 1 N–H and O–H groups in total. The van der Waals surface area contributed by atoms with E-state index in [-0.39, 0.29) is 29.0 Å². The van der Waals surface area contributed by atoms with Gasteiger partial charge in [-0.2, -0.15) is 4.39 Å². The Balaban J connectivity index is 2.02. The van der Waals surface area contributed by atoms with E-state index >= 15 is 0 Å². The molecule has 162 valence electrons. The topological polar surface area (TPSA) is 76.5 Å². The van der Waals surface area contributed by atoms with Crippen LogP contribution in [-0.4, -0.2) is 48.3 Å². The summed E-state index contributed by atoms with van der Waals surface area (Å²) in [5, 5.41) is 3.16. The van der Waals surface area contributed by atoms with Gasteiger partial charge in [-0.15, -0.1) is 0 Å². The Morgan fingerprint density at radius 2 is 1.90 bits per heavy atom. The van der Waals surface area contributed by atoms with E-state index in [4.69, 9.17) is 4.74 Å². The molecule has 7 nitrogen and oxygen atoms in total. The molecule has 0 aliphatic carbocycles.